The maximum Gasteiger partial charge on any atom is 0.236 e. The van der Waals surface area contributed by atoms with E-state index in [9.17, 15) is 9.59 Å². The molecule has 0 aromatic heterocycles. The fourth-order valence-electron chi connectivity index (χ4n) is 4.13. The van der Waals surface area contributed by atoms with Crippen molar-refractivity contribution in [2.45, 2.75) is 57.1 Å². The normalized spacial score (nSPS) is 23.7. The van der Waals surface area contributed by atoms with Crippen molar-refractivity contribution in [3.05, 3.63) is 35.4 Å². The first-order chi connectivity index (χ1) is 13.7. The minimum absolute atomic E-state index is 0.0105. The fraction of sp³-hybridized carbons (Fsp3) is 0.652. The van der Waals surface area contributed by atoms with Crippen LogP contribution in [0.15, 0.2) is 24.3 Å². The van der Waals surface area contributed by atoms with Gasteiger partial charge in [-0.15, -0.1) is 11.8 Å². The highest BCUT2D eigenvalue weighted by molar-refractivity contribution is 8.01. The molecule has 2 aliphatic heterocycles. The molecule has 0 spiro atoms. The molecule has 0 bridgehead atoms. The summed E-state index contributed by atoms with van der Waals surface area (Å²) in [6.45, 7) is 15.9. The van der Waals surface area contributed by atoms with Gasteiger partial charge in [0.05, 0.1) is 44.5 Å². The summed E-state index contributed by atoms with van der Waals surface area (Å²) in [5, 5.41) is 0.116. The second kappa shape index (κ2) is 9.09. The molecule has 0 unspecified atom stereocenters. The number of carbonyl (C=O) groups excluding carboxylic acids is 2. The lowest BCUT2D eigenvalue weighted by atomic mass is 9.86. The minimum atomic E-state index is 0.0105. The van der Waals surface area contributed by atoms with Crippen molar-refractivity contribution in [1.82, 2.24) is 9.80 Å². The van der Waals surface area contributed by atoms with Gasteiger partial charge in [-0.1, -0.05) is 52.0 Å². The number of hydrogen-bond acceptors (Lipinski definition) is 3. The van der Waals surface area contributed by atoms with Gasteiger partial charge < -0.3 is 14.7 Å². The molecule has 2 fully saturated rings. The molecule has 29 heavy (non-hydrogen) atoms. The molecule has 160 valence electrons. The van der Waals surface area contributed by atoms with Gasteiger partial charge in [-0.25, -0.2) is 0 Å². The van der Waals surface area contributed by atoms with Crippen molar-refractivity contribution >= 4 is 23.6 Å². The Balaban J connectivity index is 1.61. The maximum atomic E-state index is 12.8. The summed E-state index contributed by atoms with van der Waals surface area (Å²) < 4.78 is 0. The van der Waals surface area contributed by atoms with Crippen LogP contribution in [0.4, 0.5) is 0 Å². The standard InChI is InChI=1S/C23H35N3O2S/c1-6-20(27)25-14-11-24(12-15-25)13-16-26-21(28)17(2)29-22(26)18-7-9-19(10-8-18)23(3,4)5/h7-10,17,22H,6,11-16H2,1-5H3/p+1/t17-,22-/m1/s1. The molecule has 1 aromatic carbocycles. The van der Waals surface area contributed by atoms with Crippen LogP contribution in [0.1, 0.15) is 57.5 Å². The predicted molar refractivity (Wildman–Crippen MR) is 119 cm³/mol. The van der Waals surface area contributed by atoms with Crippen LogP contribution in [0.2, 0.25) is 0 Å². The average Bonchev–Trinajstić information content (AvgIpc) is 2.99. The highest BCUT2D eigenvalue weighted by Crippen LogP contribution is 2.42. The number of carbonyl (C=O) groups is 2. The van der Waals surface area contributed by atoms with Gasteiger partial charge in [0.1, 0.15) is 5.37 Å². The molecule has 0 aliphatic carbocycles. The maximum absolute atomic E-state index is 12.8. The molecule has 0 saturated carbocycles. The predicted octanol–water partition coefficient (Wildman–Crippen LogP) is 2.08. The molecular formula is C23H36N3O2S+. The van der Waals surface area contributed by atoms with E-state index in [4.69, 9.17) is 0 Å². The van der Waals surface area contributed by atoms with E-state index in [-0.39, 0.29) is 27.9 Å². The lowest BCUT2D eigenvalue weighted by Gasteiger charge is -2.33. The Labute approximate surface area is 179 Å². The van der Waals surface area contributed by atoms with E-state index in [1.54, 1.807) is 11.8 Å². The van der Waals surface area contributed by atoms with Gasteiger partial charge in [-0.3, -0.25) is 9.59 Å². The number of thioether (sulfide) groups is 1. The van der Waals surface area contributed by atoms with Gasteiger partial charge in [-0.05, 0) is 23.5 Å². The molecule has 0 radical (unpaired) electrons. The van der Waals surface area contributed by atoms with E-state index in [0.717, 1.165) is 39.3 Å². The van der Waals surface area contributed by atoms with Crippen LogP contribution < -0.4 is 4.90 Å². The van der Waals surface area contributed by atoms with E-state index in [2.05, 4.69) is 49.9 Å². The topological polar surface area (TPSA) is 45.1 Å². The average molecular weight is 419 g/mol. The first-order valence-electron chi connectivity index (χ1n) is 10.9. The molecular weight excluding hydrogens is 382 g/mol. The number of benzene rings is 1. The van der Waals surface area contributed by atoms with Crippen LogP contribution in [0.5, 0.6) is 0 Å². The molecule has 2 heterocycles. The van der Waals surface area contributed by atoms with Gasteiger partial charge in [0.25, 0.3) is 0 Å². The van der Waals surface area contributed by atoms with E-state index >= 15 is 0 Å². The molecule has 1 aromatic rings. The fourth-order valence-corrected chi connectivity index (χ4v) is 5.44. The Morgan fingerprint density at radius 1 is 1.17 bits per heavy atom. The summed E-state index contributed by atoms with van der Waals surface area (Å²) in [6, 6.07) is 8.80. The van der Waals surface area contributed by atoms with Crippen molar-refractivity contribution in [2.75, 3.05) is 39.3 Å². The van der Waals surface area contributed by atoms with Crippen LogP contribution in [-0.2, 0) is 15.0 Å². The monoisotopic (exact) mass is 418 g/mol. The Morgan fingerprint density at radius 2 is 1.79 bits per heavy atom. The number of rotatable bonds is 5. The van der Waals surface area contributed by atoms with Gasteiger partial charge >= 0.3 is 0 Å². The van der Waals surface area contributed by atoms with Gasteiger partial charge in [0.15, 0.2) is 0 Å². The van der Waals surface area contributed by atoms with E-state index < -0.39 is 0 Å². The second-order valence-electron chi connectivity index (χ2n) is 9.27. The smallest absolute Gasteiger partial charge is 0.236 e. The summed E-state index contributed by atoms with van der Waals surface area (Å²) in [6.07, 6.45) is 0.586. The summed E-state index contributed by atoms with van der Waals surface area (Å²) in [5.74, 6) is 0.502. The highest BCUT2D eigenvalue weighted by Gasteiger charge is 2.39. The SMILES string of the molecule is CCC(=O)N1CC[NH+](CCN2C(=O)[C@@H](C)S[C@@H]2c2ccc(C(C)(C)C)cc2)CC1. The number of piperazine rings is 1. The lowest BCUT2D eigenvalue weighted by molar-refractivity contribution is -0.903. The quantitative estimate of drug-likeness (QED) is 0.796. The summed E-state index contributed by atoms with van der Waals surface area (Å²) >= 11 is 1.76. The lowest BCUT2D eigenvalue weighted by Crippen LogP contribution is -3.15. The molecule has 2 saturated heterocycles. The van der Waals surface area contributed by atoms with Crippen molar-refractivity contribution in [2.24, 2.45) is 0 Å². The highest BCUT2D eigenvalue weighted by atomic mass is 32.2. The third-order valence-electron chi connectivity index (χ3n) is 6.14. The second-order valence-corrected chi connectivity index (χ2v) is 10.7. The molecule has 2 aliphatic rings. The van der Waals surface area contributed by atoms with Crippen LogP contribution in [0.25, 0.3) is 0 Å². The molecule has 5 nitrogen and oxygen atoms in total. The largest absolute Gasteiger partial charge is 0.331 e. The van der Waals surface area contributed by atoms with E-state index in [0.29, 0.717) is 6.42 Å². The Bertz CT molecular complexity index is 721. The minimum Gasteiger partial charge on any atom is -0.331 e. The molecule has 2 atom stereocenters. The first-order valence-corrected chi connectivity index (χ1v) is 11.8. The number of amides is 2. The third-order valence-corrected chi connectivity index (χ3v) is 7.54. The Hall–Kier alpha value is -1.53. The van der Waals surface area contributed by atoms with Crippen molar-refractivity contribution < 1.29 is 14.5 Å². The summed E-state index contributed by atoms with van der Waals surface area (Å²) in [4.78, 5) is 30.2. The zero-order chi connectivity index (χ0) is 21.2. The number of nitrogens with one attached hydrogen (secondary N) is 1. The molecule has 2 amide bonds. The molecule has 6 heteroatoms. The Morgan fingerprint density at radius 3 is 2.34 bits per heavy atom. The van der Waals surface area contributed by atoms with Gasteiger partial charge in [-0.2, -0.15) is 0 Å². The molecule has 3 rings (SSSR count). The Kier molecular flexibility index (Phi) is 6.94. The van der Waals surface area contributed by atoms with Crippen molar-refractivity contribution in [3.8, 4) is 0 Å². The first kappa shape index (κ1) is 22.2. The number of quaternary nitrogens is 1. The molecule has 1 N–H and O–H groups in total. The van der Waals surface area contributed by atoms with Crippen LogP contribution in [-0.4, -0.2) is 66.1 Å². The van der Waals surface area contributed by atoms with E-state index in [1.165, 1.54) is 16.0 Å². The van der Waals surface area contributed by atoms with E-state index in [1.807, 2.05) is 18.7 Å². The zero-order valence-corrected chi connectivity index (χ0v) is 19.3. The van der Waals surface area contributed by atoms with Crippen LogP contribution >= 0.6 is 11.8 Å². The van der Waals surface area contributed by atoms with Crippen LogP contribution in [0.3, 0.4) is 0 Å². The summed E-state index contributed by atoms with van der Waals surface area (Å²) in [5.41, 5.74) is 2.67. The zero-order valence-electron chi connectivity index (χ0n) is 18.5. The third kappa shape index (κ3) is 5.15. The van der Waals surface area contributed by atoms with Gasteiger partial charge in [0.2, 0.25) is 11.8 Å². The van der Waals surface area contributed by atoms with Crippen molar-refractivity contribution in [3.63, 3.8) is 0 Å². The summed E-state index contributed by atoms with van der Waals surface area (Å²) in [7, 11) is 0. The van der Waals surface area contributed by atoms with Gasteiger partial charge in [0, 0.05) is 6.42 Å². The number of nitrogens with zero attached hydrogens (tertiary/aromatic N) is 2. The van der Waals surface area contributed by atoms with Crippen molar-refractivity contribution in [1.29, 1.82) is 0 Å². The van der Waals surface area contributed by atoms with Crippen LogP contribution in [0, 0.1) is 0 Å². The number of hydrogen-bond donors (Lipinski definition) is 1.